The number of imidazole rings is 1. The molecule has 7 heteroatoms. The first kappa shape index (κ1) is 10.3. The van der Waals surface area contributed by atoms with Crippen LogP contribution in [0.1, 0.15) is 0 Å². The van der Waals surface area contributed by atoms with Crippen LogP contribution in [-0.2, 0) is 0 Å². The van der Waals surface area contributed by atoms with Crippen LogP contribution in [0.25, 0.3) is 22.3 Å². The Hall–Kier alpha value is -2.83. The second-order valence-corrected chi connectivity index (χ2v) is 3.84. The highest BCUT2D eigenvalue weighted by Gasteiger charge is 2.09. The number of nitrogens with one attached hydrogen (secondary N) is 2. The standard InChI is InChI=1S/C11H10N6O/c12-8-4-7(14-10(13)16-8)5-2-1-3-6-9(5)17-11(18)15-6/h1-4H,(H2,15,17,18)(H4,12,13,14,16). The first-order valence-corrected chi connectivity index (χ1v) is 5.25. The van der Waals surface area contributed by atoms with Crippen LogP contribution < -0.4 is 17.2 Å². The van der Waals surface area contributed by atoms with Gasteiger partial charge in [-0.2, -0.15) is 4.98 Å². The first-order chi connectivity index (χ1) is 8.63. The molecule has 2 aromatic heterocycles. The molecule has 6 N–H and O–H groups in total. The van der Waals surface area contributed by atoms with Crippen LogP contribution in [0, 0.1) is 0 Å². The molecular formula is C11H10N6O. The maximum absolute atomic E-state index is 11.3. The lowest BCUT2D eigenvalue weighted by Crippen LogP contribution is -2.01. The maximum Gasteiger partial charge on any atom is 0.323 e. The Kier molecular flexibility index (Phi) is 2.06. The molecule has 0 fully saturated rings. The molecule has 0 bridgehead atoms. The molecule has 0 amide bonds. The quantitative estimate of drug-likeness (QED) is 0.493. The SMILES string of the molecule is Nc1cc(-c2cccc3[nH]c(=O)[nH]c23)nc(N)n1. The van der Waals surface area contributed by atoms with Crippen LogP contribution in [0.4, 0.5) is 11.8 Å². The third kappa shape index (κ3) is 1.58. The van der Waals surface area contributed by atoms with Gasteiger partial charge < -0.3 is 21.4 Å². The zero-order valence-electron chi connectivity index (χ0n) is 9.27. The molecule has 0 aliphatic rings. The first-order valence-electron chi connectivity index (χ1n) is 5.25. The highest BCUT2D eigenvalue weighted by Crippen LogP contribution is 2.25. The summed E-state index contributed by atoms with van der Waals surface area (Å²) in [6.07, 6.45) is 0. The van der Waals surface area contributed by atoms with Crippen molar-refractivity contribution >= 4 is 22.8 Å². The van der Waals surface area contributed by atoms with E-state index < -0.39 is 0 Å². The normalized spacial score (nSPS) is 10.9. The molecule has 18 heavy (non-hydrogen) atoms. The molecule has 0 saturated heterocycles. The molecule has 90 valence electrons. The highest BCUT2D eigenvalue weighted by molar-refractivity contribution is 5.90. The Balaban J connectivity index is 2.34. The van der Waals surface area contributed by atoms with Crippen molar-refractivity contribution in [1.29, 1.82) is 0 Å². The molecule has 0 aliphatic carbocycles. The molecule has 1 aromatic carbocycles. The third-order valence-corrected chi connectivity index (χ3v) is 2.59. The summed E-state index contributed by atoms with van der Waals surface area (Å²) < 4.78 is 0. The van der Waals surface area contributed by atoms with E-state index in [-0.39, 0.29) is 17.5 Å². The lowest BCUT2D eigenvalue weighted by molar-refractivity contribution is 1.19. The predicted molar refractivity (Wildman–Crippen MR) is 68.8 cm³/mol. The van der Waals surface area contributed by atoms with E-state index in [1.807, 2.05) is 12.1 Å². The van der Waals surface area contributed by atoms with Gasteiger partial charge >= 0.3 is 5.69 Å². The smallest absolute Gasteiger partial charge is 0.323 e. The summed E-state index contributed by atoms with van der Waals surface area (Å²) in [6.45, 7) is 0. The van der Waals surface area contributed by atoms with Crippen molar-refractivity contribution in [2.24, 2.45) is 0 Å². The van der Waals surface area contributed by atoms with Gasteiger partial charge in [-0.1, -0.05) is 12.1 Å². The van der Waals surface area contributed by atoms with Crippen molar-refractivity contribution in [3.63, 3.8) is 0 Å². The number of benzene rings is 1. The number of hydrogen-bond acceptors (Lipinski definition) is 5. The molecular weight excluding hydrogens is 232 g/mol. The van der Waals surface area contributed by atoms with E-state index in [4.69, 9.17) is 11.5 Å². The van der Waals surface area contributed by atoms with Crippen LogP contribution >= 0.6 is 0 Å². The lowest BCUT2D eigenvalue weighted by atomic mass is 10.1. The summed E-state index contributed by atoms with van der Waals surface area (Å²) in [7, 11) is 0. The number of H-pyrrole nitrogens is 2. The van der Waals surface area contributed by atoms with Crippen LogP contribution in [0.3, 0.4) is 0 Å². The van der Waals surface area contributed by atoms with Gasteiger partial charge in [0.25, 0.3) is 0 Å². The van der Waals surface area contributed by atoms with Crippen LogP contribution in [0.15, 0.2) is 29.1 Å². The van der Waals surface area contributed by atoms with Crippen LogP contribution in [0.5, 0.6) is 0 Å². The predicted octanol–water partition coefficient (Wildman–Crippen LogP) is 0.478. The van der Waals surface area contributed by atoms with Crippen molar-refractivity contribution in [1.82, 2.24) is 19.9 Å². The van der Waals surface area contributed by atoms with Gasteiger partial charge in [-0.3, -0.25) is 0 Å². The maximum atomic E-state index is 11.3. The Labute approximate surface area is 101 Å². The summed E-state index contributed by atoms with van der Waals surface area (Å²) in [6, 6.07) is 7.05. The molecule has 3 aromatic rings. The number of anilines is 2. The molecule has 0 atom stereocenters. The van der Waals surface area contributed by atoms with E-state index >= 15 is 0 Å². The second-order valence-electron chi connectivity index (χ2n) is 3.84. The van der Waals surface area contributed by atoms with Crippen molar-refractivity contribution in [2.45, 2.75) is 0 Å². The van der Waals surface area contributed by atoms with E-state index in [1.165, 1.54) is 0 Å². The zero-order chi connectivity index (χ0) is 12.7. The average Bonchev–Trinajstić information content (AvgIpc) is 2.67. The minimum Gasteiger partial charge on any atom is -0.384 e. The van der Waals surface area contributed by atoms with Crippen molar-refractivity contribution in [3.8, 4) is 11.3 Å². The fourth-order valence-electron chi connectivity index (χ4n) is 1.89. The number of hydrogen-bond donors (Lipinski definition) is 4. The Bertz CT molecular complexity index is 767. The second kappa shape index (κ2) is 3.59. The Morgan fingerprint density at radius 1 is 1.11 bits per heavy atom. The number of nitrogens with two attached hydrogens (primary N) is 2. The average molecular weight is 242 g/mol. The van der Waals surface area contributed by atoms with E-state index in [2.05, 4.69) is 19.9 Å². The van der Waals surface area contributed by atoms with Gasteiger partial charge in [0.2, 0.25) is 5.95 Å². The lowest BCUT2D eigenvalue weighted by Gasteiger charge is -2.04. The van der Waals surface area contributed by atoms with E-state index in [9.17, 15) is 4.79 Å². The number of aromatic amines is 2. The number of rotatable bonds is 1. The topological polar surface area (TPSA) is 126 Å². The van der Waals surface area contributed by atoms with E-state index in [0.29, 0.717) is 16.7 Å². The number of nitrogen functional groups attached to an aromatic ring is 2. The molecule has 0 radical (unpaired) electrons. The minimum atomic E-state index is -0.271. The molecule has 0 spiro atoms. The zero-order valence-corrected chi connectivity index (χ0v) is 9.27. The van der Waals surface area contributed by atoms with Crippen molar-refractivity contribution < 1.29 is 0 Å². The molecule has 0 saturated carbocycles. The summed E-state index contributed by atoms with van der Waals surface area (Å²) in [4.78, 5) is 24.6. The number of fused-ring (bicyclic) bond motifs is 1. The summed E-state index contributed by atoms with van der Waals surface area (Å²) in [5.74, 6) is 0.382. The van der Waals surface area contributed by atoms with Gasteiger partial charge in [0, 0.05) is 11.6 Å². The van der Waals surface area contributed by atoms with Gasteiger partial charge in [-0.25, -0.2) is 9.78 Å². The van der Waals surface area contributed by atoms with Crippen molar-refractivity contribution in [2.75, 3.05) is 11.5 Å². The minimum absolute atomic E-state index is 0.0971. The fourth-order valence-corrected chi connectivity index (χ4v) is 1.89. The van der Waals surface area contributed by atoms with Gasteiger partial charge in [0.15, 0.2) is 0 Å². The van der Waals surface area contributed by atoms with Crippen LogP contribution in [0.2, 0.25) is 0 Å². The monoisotopic (exact) mass is 242 g/mol. The largest absolute Gasteiger partial charge is 0.384 e. The summed E-state index contributed by atoms with van der Waals surface area (Å²) >= 11 is 0. The Morgan fingerprint density at radius 3 is 2.72 bits per heavy atom. The van der Waals surface area contributed by atoms with Crippen molar-refractivity contribution in [3.05, 3.63) is 34.7 Å². The molecule has 2 heterocycles. The fraction of sp³-hybridized carbons (Fsp3) is 0. The van der Waals surface area contributed by atoms with E-state index in [1.54, 1.807) is 12.1 Å². The summed E-state index contributed by atoms with van der Waals surface area (Å²) in [5.41, 5.74) is 13.6. The number of nitrogens with zero attached hydrogens (tertiary/aromatic N) is 2. The molecule has 0 unspecified atom stereocenters. The highest BCUT2D eigenvalue weighted by atomic mass is 16.1. The van der Waals surface area contributed by atoms with Gasteiger partial charge in [-0.15, -0.1) is 0 Å². The third-order valence-electron chi connectivity index (χ3n) is 2.59. The number of aromatic nitrogens is 4. The Morgan fingerprint density at radius 2 is 1.94 bits per heavy atom. The summed E-state index contributed by atoms with van der Waals surface area (Å²) in [5, 5.41) is 0. The number of para-hydroxylation sites is 1. The van der Waals surface area contributed by atoms with Gasteiger partial charge in [-0.05, 0) is 6.07 Å². The van der Waals surface area contributed by atoms with Gasteiger partial charge in [0.1, 0.15) is 5.82 Å². The molecule has 0 aliphatic heterocycles. The van der Waals surface area contributed by atoms with Crippen LogP contribution in [-0.4, -0.2) is 19.9 Å². The van der Waals surface area contributed by atoms with E-state index in [0.717, 1.165) is 5.56 Å². The van der Waals surface area contributed by atoms with Gasteiger partial charge in [0.05, 0.1) is 16.7 Å². The molecule has 7 nitrogen and oxygen atoms in total. The molecule has 3 rings (SSSR count).